The molecule has 1 N–H and O–H groups in total. The summed E-state index contributed by atoms with van der Waals surface area (Å²) >= 11 is 12.3. The molecule has 0 aliphatic carbocycles. The Morgan fingerprint density at radius 1 is 0.929 bits per heavy atom. The van der Waals surface area contributed by atoms with Crippen molar-refractivity contribution in [3.8, 4) is 0 Å². The molecule has 2 heterocycles. The van der Waals surface area contributed by atoms with E-state index in [1.54, 1.807) is 35.2 Å². The molecule has 0 radical (unpaired) electrons. The molecule has 3 aromatic rings. The predicted octanol–water partition coefficient (Wildman–Crippen LogP) is 5.00. The first-order valence-corrected chi connectivity index (χ1v) is 9.34. The van der Waals surface area contributed by atoms with Crippen molar-refractivity contribution in [1.82, 2.24) is 0 Å². The minimum Gasteiger partial charge on any atom is -0.349 e. The molecule has 1 amide bonds. The molecule has 0 unspecified atom stereocenters. The van der Waals surface area contributed by atoms with Gasteiger partial charge in [0, 0.05) is 21.3 Å². The summed E-state index contributed by atoms with van der Waals surface area (Å²) in [5.74, 6) is 0.181. The second kappa shape index (κ2) is 6.26. The number of benzene rings is 3. The molecule has 0 aromatic heterocycles. The topological polar surface area (TPSA) is 53.9 Å². The summed E-state index contributed by atoms with van der Waals surface area (Å²) in [5, 5.41) is 8.28. The summed E-state index contributed by atoms with van der Waals surface area (Å²) in [7, 11) is 0. The van der Waals surface area contributed by atoms with Crippen molar-refractivity contribution in [2.24, 2.45) is 5.16 Å². The van der Waals surface area contributed by atoms with Crippen LogP contribution in [0.1, 0.15) is 11.1 Å². The van der Waals surface area contributed by atoms with Crippen LogP contribution in [0.2, 0.25) is 10.0 Å². The third-order valence-corrected chi connectivity index (χ3v) is 5.30. The molecule has 5 nitrogen and oxygen atoms in total. The molecule has 2 aliphatic rings. The highest BCUT2D eigenvalue weighted by molar-refractivity contribution is 6.31. The van der Waals surface area contributed by atoms with Gasteiger partial charge in [-0.05, 0) is 42.5 Å². The highest BCUT2D eigenvalue weighted by Gasteiger charge is 2.60. The monoisotopic (exact) mass is 409 g/mol. The molecule has 1 atom stereocenters. The Hall–Kier alpha value is -3.02. The number of anilines is 2. The number of nitrogens with zero attached hydrogens (tertiary/aromatic N) is 2. The van der Waals surface area contributed by atoms with Crippen molar-refractivity contribution in [3.63, 3.8) is 0 Å². The minimum atomic E-state index is -1.49. The largest absolute Gasteiger partial charge is 0.349 e. The number of carbonyl (C=O) groups excluding carboxylic acids is 1. The molecular weight excluding hydrogens is 397 g/mol. The lowest BCUT2D eigenvalue weighted by molar-refractivity contribution is -0.137. The summed E-state index contributed by atoms with van der Waals surface area (Å²) in [4.78, 5) is 20.8. The number of fused-ring (bicyclic) bond motifs is 2. The number of hydrogen-bond donors (Lipinski definition) is 1. The molecule has 2 aliphatic heterocycles. The van der Waals surface area contributed by atoms with Crippen molar-refractivity contribution >= 4 is 46.3 Å². The molecule has 1 spiro atoms. The second-order valence-corrected chi connectivity index (χ2v) is 7.34. The first-order chi connectivity index (χ1) is 13.6. The number of halogens is 2. The van der Waals surface area contributed by atoms with Crippen LogP contribution in [0, 0.1) is 0 Å². The zero-order chi connectivity index (χ0) is 19.3. The molecule has 0 saturated carbocycles. The maximum atomic E-state index is 13.2. The van der Waals surface area contributed by atoms with Crippen molar-refractivity contribution < 1.29 is 9.63 Å². The molecule has 0 saturated heterocycles. The quantitative estimate of drug-likeness (QED) is 0.647. The molecule has 7 heteroatoms. The SMILES string of the molecule is O=C1Nc2ccc(Cl)cc2[C@]12ON=C(c1ccccc1)N2c1ccc(Cl)cc1. The Bertz CT molecular complexity index is 1120. The van der Waals surface area contributed by atoms with E-state index in [1.807, 2.05) is 42.5 Å². The molecule has 0 bridgehead atoms. The molecule has 5 rings (SSSR count). The summed E-state index contributed by atoms with van der Waals surface area (Å²) in [5.41, 5.74) is 1.29. The maximum Gasteiger partial charge on any atom is 0.322 e. The van der Waals surface area contributed by atoms with Gasteiger partial charge in [-0.15, -0.1) is 0 Å². The number of hydrogen-bond acceptors (Lipinski definition) is 4. The van der Waals surface area contributed by atoms with E-state index in [0.717, 1.165) is 5.56 Å². The van der Waals surface area contributed by atoms with E-state index < -0.39 is 5.72 Å². The van der Waals surface area contributed by atoms with Crippen molar-refractivity contribution in [2.45, 2.75) is 5.72 Å². The standard InChI is InChI=1S/C21H13Cl2N3O2/c22-14-6-9-16(10-7-14)26-19(13-4-2-1-3-5-13)25-28-21(26)17-12-15(23)8-11-18(17)24-20(21)27/h1-12H,(H,24,27)/t21-/m0/s1. The first-order valence-electron chi connectivity index (χ1n) is 8.58. The van der Waals surface area contributed by atoms with Crippen molar-refractivity contribution in [2.75, 3.05) is 10.2 Å². The third-order valence-electron chi connectivity index (χ3n) is 4.81. The molecular formula is C21H13Cl2N3O2. The van der Waals surface area contributed by atoms with Gasteiger partial charge in [-0.2, -0.15) is 0 Å². The number of amides is 1. The van der Waals surface area contributed by atoms with Gasteiger partial charge < -0.3 is 10.2 Å². The van der Waals surface area contributed by atoms with Crippen LogP contribution in [0.3, 0.4) is 0 Å². The Kier molecular flexibility index (Phi) is 3.82. The van der Waals surface area contributed by atoms with Gasteiger partial charge in [0.1, 0.15) is 0 Å². The van der Waals surface area contributed by atoms with Crippen LogP contribution < -0.4 is 10.2 Å². The zero-order valence-electron chi connectivity index (χ0n) is 14.4. The lowest BCUT2D eigenvalue weighted by atomic mass is 10.00. The Morgan fingerprint density at radius 2 is 1.64 bits per heavy atom. The van der Waals surface area contributed by atoms with Gasteiger partial charge in [0.2, 0.25) is 0 Å². The molecule has 28 heavy (non-hydrogen) atoms. The number of rotatable bonds is 2. The van der Waals surface area contributed by atoms with E-state index in [4.69, 9.17) is 28.0 Å². The van der Waals surface area contributed by atoms with Crippen LogP contribution in [0.15, 0.2) is 78.0 Å². The van der Waals surface area contributed by atoms with E-state index >= 15 is 0 Å². The van der Waals surface area contributed by atoms with Gasteiger partial charge in [0.25, 0.3) is 5.91 Å². The Morgan fingerprint density at radius 3 is 2.39 bits per heavy atom. The Labute approximate surface area is 171 Å². The van der Waals surface area contributed by atoms with Gasteiger partial charge in [-0.25, -0.2) is 0 Å². The van der Waals surface area contributed by atoms with Crippen LogP contribution in [-0.4, -0.2) is 11.7 Å². The lowest BCUT2D eigenvalue weighted by Gasteiger charge is -2.32. The third kappa shape index (κ3) is 2.40. The number of carbonyl (C=O) groups is 1. The average molecular weight is 410 g/mol. The summed E-state index contributed by atoms with van der Waals surface area (Å²) in [6.07, 6.45) is 0. The van der Waals surface area contributed by atoms with Gasteiger partial charge in [0.15, 0.2) is 5.84 Å². The fraction of sp³-hybridized carbons (Fsp3) is 0.0476. The van der Waals surface area contributed by atoms with Crippen LogP contribution in [0.5, 0.6) is 0 Å². The molecule has 3 aromatic carbocycles. The average Bonchev–Trinajstić information content (AvgIpc) is 3.23. The summed E-state index contributed by atoms with van der Waals surface area (Å²) in [6, 6.07) is 21.9. The number of oxime groups is 1. The van der Waals surface area contributed by atoms with E-state index in [9.17, 15) is 4.79 Å². The fourth-order valence-electron chi connectivity index (χ4n) is 3.55. The Balaban J connectivity index is 1.74. The molecule has 138 valence electrons. The number of nitrogens with one attached hydrogen (secondary N) is 1. The zero-order valence-corrected chi connectivity index (χ0v) is 15.9. The predicted molar refractivity (Wildman–Crippen MR) is 110 cm³/mol. The fourth-order valence-corrected chi connectivity index (χ4v) is 3.85. The smallest absolute Gasteiger partial charge is 0.322 e. The van der Waals surface area contributed by atoms with Gasteiger partial charge in [-0.3, -0.25) is 9.69 Å². The first kappa shape index (κ1) is 17.1. The van der Waals surface area contributed by atoms with E-state index in [2.05, 4.69) is 10.5 Å². The van der Waals surface area contributed by atoms with E-state index in [1.165, 1.54) is 0 Å². The normalized spacial score (nSPS) is 20.0. The lowest BCUT2D eigenvalue weighted by Crippen LogP contribution is -2.51. The maximum absolute atomic E-state index is 13.2. The minimum absolute atomic E-state index is 0.339. The van der Waals surface area contributed by atoms with E-state index in [0.29, 0.717) is 32.8 Å². The molecule has 0 fully saturated rings. The van der Waals surface area contributed by atoms with Crippen LogP contribution in [-0.2, 0) is 15.4 Å². The number of amidine groups is 1. The second-order valence-electron chi connectivity index (χ2n) is 6.47. The van der Waals surface area contributed by atoms with Gasteiger partial charge in [0.05, 0.1) is 11.3 Å². The van der Waals surface area contributed by atoms with Gasteiger partial charge in [-0.1, -0.05) is 58.7 Å². The summed E-state index contributed by atoms with van der Waals surface area (Å²) in [6.45, 7) is 0. The summed E-state index contributed by atoms with van der Waals surface area (Å²) < 4.78 is 0. The van der Waals surface area contributed by atoms with Crippen molar-refractivity contribution in [1.29, 1.82) is 0 Å². The van der Waals surface area contributed by atoms with E-state index in [-0.39, 0.29) is 5.91 Å². The highest BCUT2D eigenvalue weighted by Crippen LogP contribution is 2.48. The highest BCUT2D eigenvalue weighted by atomic mass is 35.5. The van der Waals surface area contributed by atoms with Crippen molar-refractivity contribution in [3.05, 3.63) is 94.0 Å². The van der Waals surface area contributed by atoms with Crippen LogP contribution in [0.25, 0.3) is 0 Å². The van der Waals surface area contributed by atoms with Crippen LogP contribution >= 0.6 is 23.2 Å². The van der Waals surface area contributed by atoms with Crippen LogP contribution in [0.4, 0.5) is 11.4 Å². The van der Waals surface area contributed by atoms with Gasteiger partial charge >= 0.3 is 5.72 Å².